The van der Waals surface area contributed by atoms with E-state index in [1.165, 1.54) is 11.9 Å². The summed E-state index contributed by atoms with van der Waals surface area (Å²) in [5, 5.41) is 0. The third kappa shape index (κ3) is 1.25. The van der Waals surface area contributed by atoms with E-state index in [9.17, 15) is 9.59 Å². The number of carbonyl (C=O) groups excluding carboxylic acids is 2. The third-order valence-electron chi connectivity index (χ3n) is 5.06. The van der Waals surface area contributed by atoms with Gasteiger partial charge in [-0.05, 0) is 11.1 Å². The molecule has 1 aromatic carbocycles. The number of likely N-dealkylation sites (N-methyl/N-ethyl adjacent to an activating group) is 1. The van der Waals surface area contributed by atoms with Crippen LogP contribution in [0.25, 0.3) is 0 Å². The molecule has 1 aromatic rings. The summed E-state index contributed by atoms with van der Waals surface area (Å²) in [5.41, 5.74) is -0.209. The number of allylic oxidation sites excluding steroid dienone is 1. The first-order chi connectivity index (χ1) is 9.98. The first-order valence-electron chi connectivity index (χ1n) is 6.99. The molecule has 4 aliphatic rings. The van der Waals surface area contributed by atoms with Crippen LogP contribution in [0.1, 0.15) is 23.0 Å². The molecule has 0 aromatic heterocycles. The number of halogens is 1. The Morgan fingerprint density at radius 3 is 2.48 bits per heavy atom. The Morgan fingerprint density at radius 2 is 1.76 bits per heavy atom. The van der Waals surface area contributed by atoms with E-state index in [1.807, 2.05) is 30.3 Å². The number of alkyl halides is 1. The number of urea groups is 1. The maximum atomic E-state index is 15.8. The first kappa shape index (κ1) is 12.6. The summed E-state index contributed by atoms with van der Waals surface area (Å²) in [4.78, 5) is 26.9. The van der Waals surface area contributed by atoms with Gasteiger partial charge in [-0.3, -0.25) is 9.69 Å². The van der Waals surface area contributed by atoms with Crippen LogP contribution in [-0.4, -0.2) is 47.5 Å². The topological polar surface area (TPSA) is 40.6 Å². The molecule has 1 fully saturated rings. The molecular formula is C16H15FN2O2. The molecule has 4 atom stereocenters. The Bertz CT molecular complexity index is 701. The summed E-state index contributed by atoms with van der Waals surface area (Å²) in [6, 6.07) is 6.38. The van der Waals surface area contributed by atoms with Crippen LogP contribution in [0, 0.1) is 0 Å². The summed E-state index contributed by atoms with van der Waals surface area (Å²) >= 11 is 0. The van der Waals surface area contributed by atoms with Crippen LogP contribution in [0.15, 0.2) is 36.4 Å². The molecule has 0 N–H and O–H groups in total. The minimum absolute atomic E-state index is 0.275. The van der Waals surface area contributed by atoms with E-state index in [1.54, 1.807) is 13.1 Å². The summed E-state index contributed by atoms with van der Waals surface area (Å²) in [5.74, 6) is -1.64. The van der Waals surface area contributed by atoms with E-state index >= 15 is 4.39 Å². The molecule has 0 saturated carbocycles. The smallest absolute Gasteiger partial charge is 0.320 e. The van der Waals surface area contributed by atoms with Gasteiger partial charge in [0.2, 0.25) is 5.67 Å². The highest BCUT2D eigenvalue weighted by atomic mass is 19.1. The number of imide groups is 1. The predicted octanol–water partition coefficient (Wildman–Crippen LogP) is 2.04. The Labute approximate surface area is 121 Å². The fourth-order valence-corrected chi connectivity index (χ4v) is 4.10. The molecule has 0 spiro atoms. The number of amides is 3. The monoisotopic (exact) mass is 286 g/mol. The molecule has 1 heterocycles. The van der Waals surface area contributed by atoms with Gasteiger partial charge in [-0.15, -0.1) is 0 Å². The van der Waals surface area contributed by atoms with Gasteiger partial charge in [-0.2, -0.15) is 0 Å². The van der Waals surface area contributed by atoms with E-state index in [0.717, 1.165) is 16.0 Å². The highest BCUT2D eigenvalue weighted by molar-refractivity contribution is 6.03. The van der Waals surface area contributed by atoms with Crippen molar-refractivity contribution in [1.82, 2.24) is 9.80 Å². The van der Waals surface area contributed by atoms with Gasteiger partial charge >= 0.3 is 6.03 Å². The van der Waals surface area contributed by atoms with Crippen LogP contribution >= 0.6 is 0 Å². The standard InChI is InChI=1S/C16H15FN2O2/c1-18-13-11-7-8-12(10-6-4-3-5-9(10)11)16(13,17)14(20)19(2)15(18)21/h3-8,11-13H,1-2H3. The molecular weight excluding hydrogens is 271 g/mol. The fraction of sp³-hybridized carbons (Fsp3) is 0.375. The normalized spacial score (nSPS) is 36.8. The molecule has 3 aliphatic carbocycles. The van der Waals surface area contributed by atoms with Crippen molar-refractivity contribution in [3.63, 3.8) is 0 Å². The van der Waals surface area contributed by atoms with Gasteiger partial charge < -0.3 is 4.90 Å². The van der Waals surface area contributed by atoms with Crippen molar-refractivity contribution >= 4 is 11.9 Å². The molecule has 1 aliphatic heterocycles. The van der Waals surface area contributed by atoms with Crippen LogP contribution in [-0.2, 0) is 4.79 Å². The van der Waals surface area contributed by atoms with Crippen molar-refractivity contribution in [3.8, 4) is 0 Å². The highest BCUT2D eigenvalue weighted by Crippen LogP contribution is 2.55. The zero-order valence-electron chi connectivity index (χ0n) is 11.8. The number of nitrogens with zero attached hydrogens (tertiary/aromatic N) is 2. The lowest BCUT2D eigenvalue weighted by molar-refractivity contribution is -0.153. The van der Waals surface area contributed by atoms with Gasteiger partial charge in [0.1, 0.15) is 0 Å². The lowest BCUT2D eigenvalue weighted by Gasteiger charge is -2.55. The average molecular weight is 286 g/mol. The van der Waals surface area contributed by atoms with Gasteiger partial charge in [-0.25, -0.2) is 9.18 Å². The van der Waals surface area contributed by atoms with Gasteiger partial charge in [0.25, 0.3) is 5.91 Å². The van der Waals surface area contributed by atoms with Crippen molar-refractivity contribution < 1.29 is 14.0 Å². The second-order valence-corrected chi connectivity index (χ2v) is 5.99. The first-order valence-corrected chi connectivity index (χ1v) is 6.99. The highest BCUT2D eigenvalue weighted by Gasteiger charge is 2.66. The fourth-order valence-electron chi connectivity index (χ4n) is 4.10. The van der Waals surface area contributed by atoms with E-state index in [4.69, 9.17) is 0 Å². The zero-order chi connectivity index (χ0) is 14.9. The largest absolute Gasteiger partial charge is 0.326 e. The van der Waals surface area contributed by atoms with Gasteiger partial charge in [0.05, 0.1) is 6.04 Å². The number of carbonyl (C=O) groups is 2. The summed E-state index contributed by atoms with van der Waals surface area (Å²) in [7, 11) is 2.91. The molecule has 4 unspecified atom stereocenters. The van der Waals surface area contributed by atoms with Crippen molar-refractivity contribution in [1.29, 1.82) is 0 Å². The van der Waals surface area contributed by atoms with Crippen molar-refractivity contribution in [3.05, 3.63) is 47.5 Å². The Hall–Kier alpha value is -2.17. The van der Waals surface area contributed by atoms with Crippen LogP contribution in [0.2, 0.25) is 0 Å². The molecule has 5 heteroatoms. The average Bonchev–Trinajstić information content (AvgIpc) is 2.51. The van der Waals surface area contributed by atoms with Gasteiger partial charge in [-0.1, -0.05) is 36.4 Å². The lowest BCUT2D eigenvalue weighted by atomic mass is 9.59. The molecule has 0 radical (unpaired) electrons. The second kappa shape index (κ2) is 3.72. The molecule has 108 valence electrons. The van der Waals surface area contributed by atoms with Crippen molar-refractivity contribution in [2.75, 3.05) is 14.1 Å². The van der Waals surface area contributed by atoms with Crippen LogP contribution in [0.5, 0.6) is 0 Å². The molecule has 1 saturated heterocycles. The maximum Gasteiger partial charge on any atom is 0.326 e. The molecule has 3 amide bonds. The van der Waals surface area contributed by atoms with E-state index in [2.05, 4.69) is 0 Å². The number of hydrogen-bond acceptors (Lipinski definition) is 2. The third-order valence-corrected chi connectivity index (χ3v) is 5.06. The minimum atomic E-state index is -2.08. The van der Waals surface area contributed by atoms with Crippen molar-refractivity contribution in [2.24, 2.45) is 0 Å². The van der Waals surface area contributed by atoms with Crippen LogP contribution < -0.4 is 0 Å². The molecule has 21 heavy (non-hydrogen) atoms. The van der Waals surface area contributed by atoms with Crippen LogP contribution in [0.4, 0.5) is 9.18 Å². The SMILES string of the molecule is CN1C(=O)N(C)C2C3C=CC(c4ccccc43)C2(F)C1=O. The maximum absolute atomic E-state index is 15.8. The van der Waals surface area contributed by atoms with Gasteiger partial charge in [0, 0.05) is 25.9 Å². The summed E-state index contributed by atoms with van der Waals surface area (Å²) < 4.78 is 15.8. The predicted molar refractivity (Wildman–Crippen MR) is 74.6 cm³/mol. The second-order valence-electron chi connectivity index (χ2n) is 5.99. The quantitative estimate of drug-likeness (QED) is 0.685. The number of benzene rings is 1. The van der Waals surface area contributed by atoms with E-state index in [-0.39, 0.29) is 5.92 Å². The molecule has 2 bridgehead atoms. The van der Waals surface area contributed by atoms with Gasteiger partial charge in [0.15, 0.2) is 0 Å². The minimum Gasteiger partial charge on any atom is -0.320 e. The summed E-state index contributed by atoms with van der Waals surface area (Å²) in [6.45, 7) is 0. The molecule has 4 nitrogen and oxygen atoms in total. The number of hydrogen-bond donors (Lipinski definition) is 0. The van der Waals surface area contributed by atoms with E-state index < -0.39 is 29.6 Å². The Balaban J connectivity index is 1.98. The Kier molecular flexibility index (Phi) is 2.23. The molecule has 5 rings (SSSR count). The Morgan fingerprint density at radius 1 is 1.10 bits per heavy atom. The lowest BCUT2D eigenvalue weighted by Crippen LogP contribution is -2.72. The number of rotatable bonds is 0. The van der Waals surface area contributed by atoms with Crippen molar-refractivity contribution in [2.45, 2.75) is 23.5 Å². The zero-order valence-corrected chi connectivity index (χ0v) is 11.8. The summed E-state index contributed by atoms with van der Waals surface area (Å²) in [6.07, 6.45) is 3.71. The van der Waals surface area contributed by atoms with E-state index in [0.29, 0.717) is 0 Å². The van der Waals surface area contributed by atoms with Crippen LogP contribution in [0.3, 0.4) is 0 Å².